The first-order valence-corrected chi connectivity index (χ1v) is 10.8. The van der Waals surface area contributed by atoms with Gasteiger partial charge >= 0.3 is 0 Å². The number of hydrogen-bond acceptors (Lipinski definition) is 4. The minimum absolute atomic E-state index is 0.103. The van der Waals surface area contributed by atoms with Gasteiger partial charge in [-0.25, -0.2) is 4.52 Å². The fourth-order valence-electron chi connectivity index (χ4n) is 3.24. The molecule has 2 aromatic carbocycles. The first-order valence-electron chi connectivity index (χ1n) is 9.90. The van der Waals surface area contributed by atoms with Crippen molar-refractivity contribution < 1.29 is 4.79 Å². The molecule has 0 spiro atoms. The van der Waals surface area contributed by atoms with Crippen LogP contribution in [0.4, 0.5) is 0 Å². The third kappa shape index (κ3) is 4.90. The van der Waals surface area contributed by atoms with Crippen LogP contribution in [0.5, 0.6) is 0 Å². The molecule has 0 saturated carbocycles. The van der Waals surface area contributed by atoms with Crippen LogP contribution in [-0.4, -0.2) is 27.0 Å². The van der Waals surface area contributed by atoms with Crippen molar-refractivity contribution in [3.05, 3.63) is 76.8 Å². The molecule has 0 bridgehead atoms. The lowest BCUT2D eigenvalue weighted by atomic mass is 10.1. The van der Waals surface area contributed by atoms with Crippen molar-refractivity contribution in [1.82, 2.24) is 19.9 Å². The van der Waals surface area contributed by atoms with Crippen LogP contribution >= 0.6 is 11.3 Å². The summed E-state index contributed by atoms with van der Waals surface area (Å²) in [6.45, 7) is 2.67. The van der Waals surface area contributed by atoms with E-state index in [1.54, 1.807) is 11.3 Å². The van der Waals surface area contributed by atoms with Crippen LogP contribution in [0.2, 0.25) is 0 Å². The Morgan fingerprint density at radius 2 is 1.86 bits per heavy atom. The molecule has 148 valence electrons. The van der Waals surface area contributed by atoms with E-state index in [-0.39, 0.29) is 5.91 Å². The van der Waals surface area contributed by atoms with Crippen LogP contribution in [0.3, 0.4) is 0 Å². The maximum atomic E-state index is 12.1. The summed E-state index contributed by atoms with van der Waals surface area (Å²) in [5, 5.41) is 9.74. The van der Waals surface area contributed by atoms with Crippen molar-refractivity contribution in [1.29, 1.82) is 0 Å². The molecule has 0 unspecified atom stereocenters. The molecule has 5 nitrogen and oxygen atoms in total. The quantitative estimate of drug-likeness (QED) is 0.472. The fraction of sp³-hybridized carbons (Fsp3) is 0.261. The lowest BCUT2D eigenvalue weighted by molar-refractivity contribution is -0.121. The predicted octanol–water partition coefficient (Wildman–Crippen LogP) is 4.45. The van der Waals surface area contributed by atoms with E-state index >= 15 is 0 Å². The molecular formula is C23H24N4OS. The first-order chi connectivity index (χ1) is 14.2. The van der Waals surface area contributed by atoms with E-state index in [0.29, 0.717) is 13.0 Å². The summed E-state index contributed by atoms with van der Waals surface area (Å²) in [5.74, 6) is 0.842. The fourth-order valence-corrected chi connectivity index (χ4v) is 4.09. The number of rotatable bonds is 8. The summed E-state index contributed by atoms with van der Waals surface area (Å²) in [6.07, 6.45) is 3.08. The first kappa shape index (κ1) is 19.3. The summed E-state index contributed by atoms with van der Waals surface area (Å²) >= 11 is 1.58. The van der Waals surface area contributed by atoms with Gasteiger partial charge in [0.1, 0.15) is 0 Å². The van der Waals surface area contributed by atoms with Crippen molar-refractivity contribution in [2.75, 3.05) is 6.54 Å². The number of hydrogen-bond donors (Lipinski definition) is 1. The maximum Gasteiger partial charge on any atom is 0.220 e. The van der Waals surface area contributed by atoms with Gasteiger partial charge in [-0.1, -0.05) is 60.2 Å². The molecule has 1 N–H and O–H groups in total. The highest BCUT2D eigenvalue weighted by molar-refractivity contribution is 7.15. The van der Waals surface area contributed by atoms with E-state index in [2.05, 4.69) is 52.0 Å². The molecule has 6 heteroatoms. The van der Waals surface area contributed by atoms with Gasteiger partial charge in [-0.15, -0.1) is 16.4 Å². The van der Waals surface area contributed by atoms with Crippen LogP contribution < -0.4 is 5.32 Å². The van der Waals surface area contributed by atoms with E-state index in [4.69, 9.17) is 0 Å². The molecule has 29 heavy (non-hydrogen) atoms. The number of aromatic nitrogens is 3. The zero-order valence-corrected chi connectivity index (χ0v) is 17.3. The second-order valence-electron chi connectivity index (χ2n) is 7.16. The van der Waals surface area contributed by atoms with Gasteiger partial charge in [0.2, 0.25) is 10.9 Å². The van der Waals surface area contributed by atoms with Gasteiger partial charge in [0.15, 0.2) is 5.82 Å². The molecule has 0 aliphatic carbocycles. The molecule has 1 amide bonds. The number of benzene rings is 2. The van der Waals surface area contributed by atoms with Crippen LogP contribution in [0, 0.1) is 6.92 Å². The lowest BCUT2D eigenvalue weighted by Gasteiger charge is -2.05. The zero-order chi connectivity index (χ0) is 20.1. The van der Waals surface area contributed by atoms with Gasteiger partial charge in [0.05, 0.1) is 5.69 Å². The SMILES string of the molecule is Cc1ccc(-c2nc3scc(CCNC(=O)CCCc4ccccc4)n3n2)cc1. The Morgan fingerprint density at radius 1 is 1.07 bits per heavy atom. The van der Waals surface area contributed by atoms with E-state index in [1.165, 1.54) is 11.1 Å². The van der Waals surface area contributed by atoms with Crippen LogP contribution in [-0.2, 0) is 17.6 Å². The topological polar surface area (TPSA) is 59.3 Å². The van der Waals surface area contributed by atoms with Crippen molar-refractivity contribution in [2.45, 2.75) is 32.6 Å². The average Bonchev–Trinajstić information content (AvgIpc) is 3.31. The normalized spacial score (nSPS) is 11.1. The standard InChI is InChI=1S/C23H24N4OS/c1-17-10-12-19(13-11-17)22-25-23-27(26-22)20(16-29-23)14-15-24-21(28)9-5-8-18-6-3-2-4-7-18/h2-4,6-7,10-13,16H,5,8-9,14-15H2,1H3,(H,24,28). The average molecular weight is 405 g/mol. The Labute approximate surface area is 174 Å². The van der Waals surface area contributed by atoms with Crippen LogP contribution in [0.25, 0.3) is 16.3 Å². The Bertz CT molecular complexity index is 1080. The van der Waals surface area contributed by atoms with E-state index in [0.717, 1.165) is 41.3 Å². The number of thiazole rings is 1. The van der Waals surface area contributed by atoms with Gasteiger partial charge in [-0.3, -0.25) is 4.79 Å². The highest BCUT2D eigenvalue weighted by Crippen LogP contribution is 2.21. The predicted molar refractivity (Wildman–Crippen MR) is 117 cm³/mol. The van der Waals surface area contributed by atoms with Gasteiger partial charge in [0.25, 0.3) is 0 Å². The Kier molecular flexibility index (Phi) is 6.00. The third-order valence-electron chi connectivity index (χ3n) is 4.88. The molecule has 0 radical (unpaired) electrons. The van der Waals surface area contributed by atoms with Crippen molar-refractivity contribution in [3.63, 3.8) is 0 Å². The van der Waals surface area contributed by atoms with Gasteiger partial charge in [-0.05, 0) is 25.3 Å². The molecule has 0 fully saturated rings. The summed E-state index contributed by atoms with van der Waals surface area (Å²) in [7, 11) is 0. The second-order valence-corrected chi connectivity index (χ2v) is 8.00. The summed E-state index contributed by atoms with van der Waals surface area (Å²) in [5.41, 5.74) is 4.58. The molecule has 4 aromatic rings. The maximum absolute atomic E-state index is 12.1. The van der Waals surface area contributed by atoms with Crippen molar-refractivity contribution >= 4 is 22.2 Å². The van der Waals surface area contributed by atoms with Crippen LogP contribution in [0.1, 0.15) is 29.7 Å². The molecule has 2 heterocycles. The smallest absolute Gasteiger partial charge is 0.220 e. The lowest BCUT2D eigenvalue weighted by Crippen LogP contribution is -2.25. The number of fused-ring (bicyclic) bond motifs is 1. The van der Waals surface area contributed by atoms with Gasteiger partial charge < -0.3 is 5.32 Å². The zero-order valence-electron chi connectivity index (χ0n) is 16.5. The summed E-state index contributed by atoms with van der Waals surface area (Å²) in [4.78, 5) is 17.6. The molecule has 0 saturated heterocycles. The monoisotopic (exact) mass is 404 g/mol. The highest BCUT2D eigenvalue weighted by atomic mass is 32.1. The Hall–Kier alpha value is -2.99. The third-order valence-corrected chi connectivity index (χ3v) is 5.74. The van der Waals surface area contributed by atoms with Crippen LogP contribution in [0.15, 0.2) is 60.0 Å². The second kappa shape index (κ2) is 9.01. The van der Waals surface area contributed by atoms with E-state index in [9.17, 15) is 4.79 Å². The summed E-state index contributed by atoms with van der Waals surface area (Å²) < 4.78 is 1.89. The van der Waals surface area contributed by atoms with E-state index in [1.807, 2.05) is 34.8 Å². The molecule has 2 aromatic heterocycles. The van der Waals surface area contributed by atoms with Gasteiger partial charge in [-0.2, -0.15) is 4.98 Å². The minimum atomic E-state index is 0.103. The number of amides is 1. The molecule has 0 aliphatic rings. The largest absolute Gasteiger partial charge is 0.356 e. The number of aryl methyl sites for hydroxylation is 2. The number of carbonyl (C=O) groups is 1. The molecule has 0 atom stereocenters. The van der Waals surface area contributed by atoms with Crippen molar-refractivity contribution in [2.24, 2.45) is 0 Å². The highest BCUT2D eigenvalue weighted by Gasteiger charge is 2.11. The molecule has 0 aliphatic heterocycles. The molecular weight excluding hydrogens is 380 g/mol. The van der Waals surface area contributed by atoms with Gasteiger partial charge in [0, 0.05) is 30.3 Å². The Morgan fingerprint density at radius 3 is 2.66 bits per heavy atom. The number of carbonyl (C=O) groups excluding carboxylic acids is 1. The number of nitrogens with zero attached hydrogens (tertiary/aromatic N) is 3. The minimum Gasteiger partial charge on any atom is -0.356 e. The van der Waals surface area contributed by atoms with Crippen molar-refractivity contribution in [3.8, 4) is 11.4 Å². The Balaban J connectivity index is 1.28. The summed E-state index contributed by atoms with van der Waals surface area (Å²) in [6, 6.07) is 18.5. The molecule has 4 rings (SSSR count). The van der Waals surface area contributed by atoms with E-state index < -0.39 is 0 Å². The number of nitrogens with one attached hydrogen (secondary N) is 1.